The van der Waals surface area contributed by atoms with E-state index in [1.54, 1.807) is 13.3 Å². The largest absolute Gasteiger partial charge is 0.396 e. The van der Waals surface area contributed by atoms with E-state index in [4.69, 9.17) is 20.3 Å². The minimum Gasteiger partial charge on any atom is -0.396 e. The van der Waals surface area contributed by atoms with Crippen molar-refractivity contribution >= 4 is 5.82 Å². The van der Waals surface area contributed by atoms with Crippen LogP contribution in [0.5, 0.6) is 0 Å². The molecule has 1 fully saturated rings. The molecule has 7 nitrogen and oxygen atoms in total. The topological polar surface area (TPSA) is 99.6 Å². The van der Waals surface area contributed by atoms with E-state index in [9.17, 15) is 4.79 Å². The van der Waals surface area contributed by atoms with Gasteiger partial charge in [0, 0.05) is 31.9 Å². The number of methoxy groups -OCH3 is 1. The van der Waals surface area contributed by atoms with Gasteiger partial charge in [-0.05, 0) is 12.8 Å². The molecule has 1 aromatic heterocycles. The molecule has 0 aliphatic carbocycles. The lowest BCUT2D eigenvalue weighted by Gasteiger charge is -2.17. The maximum atomic E-state index is 12.0. The summed E-state index contributed by atoms with van der Waals surface area (Å²) in [6, 6.07) is 0. The molecular weight excluding hydrogens is 274 g/mol. The molecule has 1 aromatic rings. The van der Waals surface area contributed by atoms with Gasteiger partial charge in [0.05, 0.1) is 12.2 Å². The lowest BCUT2D eigenvalue weighted by Crippen LogP contribution is -2.28. The van der Waals surface area contributed by atoms with Crippen LogP contribution in [0.25, 0.3) is 0 Å². The zero-order valence-corrected chi connectivity index (χ0v) is 12.5. The van der Waals surface area contributed by atoms with Crippen LogP contribution in [0.3, 0.4) is 0 Å². The molecule has 2 rings (SSSR count). The zero-order chi connectivity index (χ0) is 15.4. The molecule has 0 spiro atoms. The Hall–Kier alpha value is -1.44. The Balaban J connectivity index is 2.26. The SMILES string of the molecule is CCCc1cn(C2CC(OC)C(CCO)O2)c(=O)nc1N. The van der Waals surface area contributed by atoms with Crippen LogP contribution in [-0.2, 0) is 15.9 Å². The monoisotopic (exact) mass is 297 g/mol. The van der Waals surface area contributed by atoms with Crippen molar-refractivity contribution in [2.24, 2.45) is 0 Å². The highest BCUT2D eigenvalue weighted by molar-refractivity contribution is 5.36. The van der Waals surface area contributed by atoms with E-state index in [1.807, 2.05) is 6.92 Å². The van der Waals surface area contributed by atoms with Crippen molar-refractivity contribution in [3.05, 3.63) is 22.2 Å². The summed E-state index contributed by atoms with van der Waals surface area (Å²) in [5.41, 5.74) is 6.21. The van der Waals surface area contributed by atoms with Gasteiger partial charge in [0.15, 0.2) is 0 Å². The summed E-state index contributed by atoms with van der Waals surface area (Å²) in [4.78, 5) is 15.9. The summed E-state index contributed by atoms with van der Waals surface area (Å²) in [6.07, 6.45) is 3.66. The highest BCUT2D eigenvalue weighted by Crippen LogP contribution is 2.31. The van der Waals surface area contributed by atoms with Gasteiger partial charge in [-0.25, -0.2) is 4.79 Å². The minimum atomic E-state index is -0.428. The molecular formula is C14H23N3O4. The molecule has 2 heterocycles. The van der Waals surface area contributed by atoms with Crippen LogP contribution >= 0.6 is 0 Å². The second kappa shape index (κ2) is 7.02. The molecule has 7 heteroatoms. The van der Waals surface area contributed by atoms with Crippen LogP contribution in [0.15, 0.2) is 11.0 Å². The van der Waals surface area contributed by atoms with Crippen molar-refractivity contribution in [2.45, 2.75) is 51.0 Å². The number of rotatable bonds is 6. The lowest BCUT2D eigenvalue weighted by molar-refractivity contribution is -0.0387. The molecule has 3 N–H and O–H groups in total. The molecule has 0 aromatic carbocycles. The van der Waals surface area contributed by atoms with E-state index in [-0.39, 0.29) is 24.6 Å². The predicted octanol–water partition coefficient (Wildman–Crippen LogP) is 0.463. The third kappa shape index (κ3) is 3.42. The number of nitrogens with zero attached hydrogens (tertiary/aromatic N) is 2. The van der Waals surface area contributed by atoms with Gasteiger partial charge in [-0.2, -0.15) is 4.98 Å². The first-order valence-corrected chi connectivity index (χ1v) is 7.27. The van der Waals surface area contributed by atoms with Crippen LogP contribution in [-0.4, -0.2) is 40.6 Å². The molecule has 1 saturated heterocycles. The molecule has 0 radical (unpaired) electrons. The summed E-state index contributed by atoms with van der Waals surface area (Å²) in [5.74, 6) is 0.284. The van der Waals surface area contributed by atoms with Crippen LogP contribution in [0.2, 0.25) is 0 Å². The number of nitrogens with two attached hydrogens (primary N) is 1. The fraction of sp³-hybridized carbons (Fsp3) is 0.714. The fourth-order valence-electron chi connectivity index (χ4n) is 2.69. The standard InChI is InChI=1S/C14H23N3O4/c1-3-4-9-8-17(14(19)16-13(9)15)12-7-11(20-2)10(21-12)5-6-18/h8,10-12,18H,3-7H2,1-2H3,(H2,15,16,19). The number of aromatic nitrogens is 2. The highest BCUT2D eigenvalue weighted by atomic mass is 16.6. The number of ether oxygens (including phenoxy) is 2. The average molecular weight is 297 g/mol. The quantitative estimate of drug-likeness (QED) is 0.791. The third-order valence-corrected chi connectivity index (χ3v) is 3.79. The first-order valence-electron chi connectivity index (χ1n) is 7.27. The van der Waals surface area contributed by atoms with Gasteiger partial charge < -0.3 is 20.3 Å². The van der Waals surface area contributed by atoms with Crippen molar-refractivity contribution in [1.82, 2.24) is 9.55 Å². The summed E-state index contributed by atoms with van der Waals surface area (Å²) in [6.45, 7) is 2.06. The van der Waals surface area contributed by atoms with Gasteiger partial charge in [0.25, 0.3) is 0 Å². The van der Waals surface area contributed by atoms with Gasteiger partial charge in [0.1, 0.15) is 12.0 Å². The highest BCUT2D eigenvalue weighted by Gasteiger charge is 2.36. The fourth-order valence-corrected chi connectivity index (χ4v) is 2.69. The van der Waals surface area contributed by atoms with E-state index in [1.165, 1.54) is 4.57 Å². The van der Waals surface area contributed by atoms with Crippen LogP contribution in [0.1, 0.15) is 38.0 Å². The number of nitrogen functional groups attached to an aromatic ring is 1. The number of aryl methyl sites for hydroxylation is 1. The minimum absolute atomic E-state index is 0.0210. The van der Waals surface area contributed by atoms with E-state index in [0.717, 1.165) is 18.4 Å². The molecule has 3 unspecified atom stereocenters. The summed E-state index contributed by atoms with van der Waals surface area (Å²) in [7, 11) is 1.60. The summed E-state index contributed by atoms with van der Waals surface area (Å²) < 4.78 is 12.7. The van der Waals surface area contributed by atoms with E-state index in [2.05, 4.69) is 4.98 Å². The van der Waals surface area contributed by atoms with Crippen LogP contribution < -0.4 is 11.4 Å². The van der Waals surface area contributed by atoms with Gasteiger partial charge >= 0.3 is 5.69 Å². The molecule has 0 bridgehead atoms. The molecule has 1 aliphatic heterocycles. The number of anilines is 1. The number of aliphatic hydroxyl groups excluding tert-OH is 1. The first kappa shape index (κ1) is 15.9. The van der Waals surface area contributed by atoms with E-state index >= 15 is 0 Å². The number of aliphatic hydroxyl groups is 1. The number of hydrogen-bond donors (Lipinski definition) is 2. The Labute approximate surface area is 123 Å². The van der Waals surface area contributed by atoms with Crippen LogP contribution in [0, 0.1) is 0 Å². The Kier molecular flexibility index (Phi) is 5.33. The third-order valence-electron chi connectivity index (χ3n) is 3.79. The smallest absolute Gasteiger partial charge is 0.351 e. The zero-order valence-electron chi connectivity index (χ0n) is 12.5. The molecule has 1 aliphatic rings. The maximum absolute atomic E-state index is 12.0. The second-order valence-corrected chi connectivity index (χ2v) is 5.24. The van der Waals surface area contributed by atoms with Gasteiger partial charge in [-0.1, -0.05) is 13.3 Å². The first-order chi connectivity index (χ1) is 10.1. The Morgan fingerprint density at radius 3 is 3.00 bits per heavy atom. The lowest BCUT2D eigenvalue weighted by atomic mass is 10.1. The van der Waals surface area contributed by atoms with E-state index < -0.39 is 11.9 Å². The van der Waals surface area contributed by atoms with Gasteiger partial charge in [-0.3, -0.25) is 4.57 Å². The molecule has 21 heavy (non-hydrogen) atoms. The van der Waals surface area contributed by atoms with Crippen molar-refractivity contribution in [2.75, 3.05) is 19.5 Å². The average Bonchev–Trinajstić information content (AvgIpc) is 2.85. The second-order valence-electron chi connectivity index (χ2n) is 5.24. The van der Waals surface area contributed by atoms with Gasteiger partial charge in [-0.15, -0.1) is 0 Å². The normalized spacial score (nSPS) is 25.4. The van der Waals surface area contributed by atoms with Crippen LogP contribution in [0.4, 0.5) is 5.82 Å². The van der Waals surface area contributed by atoms with Crippen molar-refractivity contribution < 1.29 is 14.6 Å². The molecule has 3 atom stereocenters. The summed E-state index contributed by atoms with van der Waals surface area (Å²) in [5, 5.41) is 9.07. The Bertz CT molecular complexity index is 531. The van der Waals surface area contributed by atoms with Gasteiger partial charge in [0.2, 0.25) is 0 Å². The Morgan fingerprint density at radius 1 is 1.62 bits per heavy atom. The van der Waals surface area contributed by atoms with Crippen molar-refractivity contribution in [3.8, 4) is 0 Å². The number of hydrogen-bond acceptors (Lipinski definition) is 6. The summed E-state index contributed by atoms with van der Waals surface area (Å²) >= 11 is 0. The molecule has 118 valence electrons. The molecule has 0 amide bonds. The molecule has 0 saturated carbocycles. The Morgan fingerprint density at radius 2 is 2.38 bits per heavy atom. The van der Waals surface area contributed by atoms with Crippen molar-refractivity contribution in [3.63, 3.8) is 0 Å². The predicted molar refractivity (Wildman–Crippen MR) is 77.9 cm³/mol. The van der Waals surface area contributed by atoms with E-state index in [0.29, 0.717) is 12.8 Å². The maximum Gasteiger partial charge on any atom is 0.351 e. The van der Waals surface area contributed by atoms with Crippen molar-refractivity contribution in [1.29, 1.82) is 0 Å².